The van der Waals surface area contributed by atoms with Crippen molar-refractivity contribution in [1.29, 1.82) is 0 Å². The van der Waals surface area contributed by atoms with Crippen molar-refractivity contribution in [2.45, 2.75) is 6.42 Å². The summed E-state index contributed by atoms with van der Waals surface area (Å²) in [5, 5.41) is 2.84. The van der Waals surface area contributed by atoms with Gasteiger partial charge in [0.2, 0.25) is 5.91 Å². The van der Waals surface area contributed by atoms with E-state index < -0.39 is 0 Å². The first-order valence-electron chi connectivity index (χ1n) is 6.43. The number of para-hydroxylation sites is 1. The maximum Gasteiger partial charge on any atom is 0.224 e. The van der Waals surface area contributed by atoms with Crippen LogP contribution in [0.4, 0.5) is 0 Å². The minimum atomic E-state index is 0.00641. The molecule has 3 nitrogen and oxygen atoms in total. The highest BCUT2D eigenvalue weighted by molar-refractivity contribution is 9.10. The van der Waals surface area contributed by atoms with Gasteiger partial charge in [-0.05, 0) is 33.6 Å². The lowest BCUT2D eigenvalue weighted by atomic mass is 10.1. The van der Waals surface area contributed by atoms with Gasteiger partial charge >= 0.3 is 0 Å². The Bertz CT molecular complexity index is 557. The second kappa shape index (κ2) is 7.70. The maximum absolute atomic E-state index is 11.7. The zero-order valence-corrected chi connectivity index (χ0v) is 12.6. The van der Waals surface area contributed by atoms with E-state index in [1.165, 1.54) is 0 Å². The molecular weight excluding hydrogens is 318 g/mol. The number of ether oxygens (including phenoxy) is 1. The average molecular weight is 334 g/mol. The molecule has 2 aromatic carbocycles. The number of hydrogen-bond donors (Lipinski definition) is 1. The van der Waals surface area contributed by atoms with Gasteiger partial charge in [-0.3, -0.25) is 4.79 Å². The third-order valence-electron chi connectivity index (χ3n) is 2.73. The zero-order chi connectivity index (χ0) is 14.2. The van der Waals surface area contributed by atoms with Crippen LogP contribution in [0.5, 0.6) is 5.75 Å². The Labute approximate surface area is 127 Å². The number of rotatable bonds is 6. The second-order valence-corrected chi connectivity index (χ2v) is 5.15. The molecule has 1 amide bonds. The molecule has 2 rings (SSSR count). The van der Waals surface area contributed by atoms with Crippen molar-refractivity contribution in [3.05, 3.63) is 64.6 Å². The van der Waals surface area contributed by atoms with Crippen LogP contribution in [-0.4, -0.2) is 19.1 Å². The SMILES string of the molecule is O=C(Cc1ccccc1)NCCOc1ccccc1Br. The number of benzene rings is 2. The van der Waals surface area contributed by atoms with Gasteiger partial charge in [-0.15, -0.1) is 0 Å². The topological polar surface area (TPSA) is 38.3 Å². The van der Waals surface area contributed by atoms with E-state index in [0.717, 1.165) is 15.8 Å². The highest BCUT2D eigenvalue weighted by atomic mass is 79.9. The fourth-order valence-corrected chi connectivity index (χ4v) is 2.16. The number of carbonyl (C=O) groups excluding carboxylic acids is 1. The van der Waals surface area contributed by atoms with Crippen molar-refractivity contribution in [3.8, 4) is 5.75 Å². The molecule has 0 spiro atoms. The highest BCUT2D eigenvalue weighted by Crippen LogP contribution is 2.23. The quantitative estimate of drug-likeness (QED) is 0.824. The van der Waals surface area contributed by atoms with Gasteiger partial charge in [0.15, 0.2) is 0 Å². The molecule has 0 bridgehead atoms. The van der Waals surface area contributed by atoms with Crippen molar-refractivity contribution < 1.29 is 9.53 Å². The van der Waals surface area contributed by atoms with E-state index in [4.69, 9.17) is 4.74 Å². The van der Waals surface area contributed by atoms with E-state index in [-0.39, 0.29) is 5.91 Å². The molecule has 0 fully saturated rings. The lowest BCUT2D eigenvalue weighted by Gasteiger charge is -2.09. The van der Waals surface area contributed by atoms with E-state index >= 15 is 0 Å². The van der Waals surface area contributed by atoms with E-state index in [9.17, 15) is 4.79 Å². The molecule has 104 valence electrons. The van der Waals surface area contributed by atoms with E-state index in [0.29, 0.717) is 19.6 Å². The Kier molecular flexibility index (Phi) is 5.62. The molecule has 0 saturated carbocycles. The summed E-state index contributed by atoms with van der Waals surface area (Å²) in [7, 11) is 0. The van der Waals surface area contributed by atoms with Gasteiger partial charge in [-0.1, -0.05) is 42.5 Å². The minimum Gasteiger partial charge on any atom is -0.491 e. The molecule has 0 atom stereocenters. The van der Waals surface area contributed by atoms with Crippen LogP contribution >= 0.6 is 15.9 Å². The highest BCUT2D eigenvalue weighted by Gasteiger charge is 2.03. The van der Waals surface area contributed by atoms with Crippen molar-refractivity contribution in [2.75, 3.05) is 13.2 Å². The van der Waals surface area contributed by atoms with Crippen LogP contribution in [0.1, 0.15) is 5.56 Å². The Morgan fingerprint density at radius 1 is 1.05 bits per heavy atom. The monoisotopic (exact) mass is 333 g/mol. The summed E-state index contributed by atoms with van der Waals surface area (Å²) < 4.78 is 6.49. The fraction of sp³-hybridized carbons (Fsp3) is 0.188. The summed E-state index contributed by atoms with van der Waals surface area (Å²) in [6, 6.07) is 17.3. The maximum atomic E-state index is 11.7. The Balaban J connectivity index is 1.69. The smallest absolute Gasteiger partial charge is 0.224 e. The first-order chi connectivity index (χ1) is 9.75. The molecule has 4 heteroatoms. The Morgan fingerprint density at radius 3 is 2.50 bits per heavy atom. The lowest BCUT2D eigenvalue weighted by Crippen LogP contribution is -2.29. The average Bonchev–Trinajstić information content (AvgIpc) is 2.46. The molecular formula is C16H16BrNO2. The standard InChI is InChI=1S/C16H16BrNO2/c17-14-8-4-5-9-15(14)20-11-10-18-16(19)12-13-6-2-1-3-7-13/h1-9H,10-12H2,(H,18,19). The minimum absolute atomic E-state index is 0.00641. The fourth-order valence-electron chi connectivity index (χ4n) is 1.76. The van der Waals surface area contributed by atoms with Gasteiger partial charge in [0.05, 0.1) is 17.4 Å². The Hall–Kier alpha value is -1.81. The summed E-state index contributed by atoms with van der Waals surface area (Å²) in [5.74, 6) is 0.789. The molecule has 2 aromatic rings. The predicted molar refractivity (Wildman–Crippen MR) is 82.8 cm³/mol. The predicted octanol–water partition coefficient (Wildman–Crippen LogP) is 3.19. The Morgan fingerprint density at radius 2 is 1.75 bits per heavy atom. The number of halogens is 1. The summed E-state index contributed by atoms with van der Waals surface area (Å²) in [4.78, 5) is 11.7. The van der Waals surface area contributed by atoms with Gasteiger partial charge < -0.3 is 10.1 Å². The molecule has 0 aliphatic heterocycles. The van der Waals surface area contributed by atoms with Gasteiger partial charge in [0, 0.05) is 0 Å². The van der Waals surface area contributed by atoms with Crippen LogP contribution in [0.2, 0.25) is 0 Å². The molecule has 0 heterocycles. The van der Waals surface area contributed by atoms with Crippen LogP contribution in [0.15, 0.2) is 59.1 Å². The molecule has 0 unspecified atom stereocenters. The van der Waals surface area contributed by atoms with E-state index in [2.05, 4.69) is 21.2 Å². The molecule has 0 radical (unpaired) electrons. The molecule has 20 heavy (non-hydrogen) atoms. The summed E-state index contributed by atoms with van der Waals surface area (Å²) in [5.41, 5.74) is 1.01. The van der Waals surface area contributed by atoms with Crippen molar-refractivity contribution in [1.82, 2.24) is 5.32 Å². The van der Waals surface area contributed by atoms with Gasteiger partial charge in [0.25, 0.3) is 0 Å². The van der Waals surface area contributed by atoms with Crippen molar-refractivity contribution >= 4 is 21.8 Å². The number of nitrogens with one attached hydrogen (secondary N) is 1. The van der Waals surface area contributed by atoms with Gasteiger partial charge in [-0.25, -0.2) is 0 Å². The number of hydrogen-bond acceptors (Lipinski definition) is 2. The third kappa shape index (κ3) is 4.70. The zero-order valence-electron chi connectivity index (χ0n) is 11.0. The molecule has 1 N–H and O–H groups in total. The van der Waals surface area contributed by atoms with Crippen molar-refractivity contribution in [3.63, 3.8) is 0 Å². The van der Waals surface area contributed by atoms with Crippen LogP contribution in [-0.2, 0) is 11.2 Å². The third-order valence-corrected chi connectivity index (χ3v) is 3.38. The largest absolute Gasteiger partial charge is 0.491 e. The summed E-state index contributed by atoms with van der Waals surface area (Å²) in [6.45, 7) is 0.941. The number of amides is 1. The van der Waals surface area contributed by atoms with Crippen LogP contribution in [0.25, 0.3) is 0 Å². The summed E-state index contributed by atoms with van der Waals surface area (Å²) in [6.07, 6.45) is 0.399. The lowest BCUT2D eigenvalue weighted by molar-refractivity contribution is -0.120. The molecule has 0 saturated heterocycles. The van der Waals surface area contributed by atoms with Gasteiger partial charge in [-0.2, -0.15) is 0 Å². The van der Waals surface area contributed by atoms with Crippen LogP contribution < -0.4 is 10.1 Å². The first-order valence-corrected chi connectivity index (χ1v) is 7.23. The normalized spacial score (nSPS) is 10.1. The molecule has 0 aliphatic carbocycles. The van der Waals surface area contributed by atoms with E-state index in [1.807, 2.05) is 54.6 Å². The molecule has 0 aromatic heterocycles. The van der Waals surface area contributed by atoms with Crippen LogP contribution in [0.3, 0.4) is 0 Å². The first kappa shape index (κ1) is 14.6. The molecule has 0 aliphatic rings. The van der Waals surface area contributed by atoms with E-state index in [1.54, 1.807) is 0 Å². The van der Waals surface area contributed by atoms with Gasteiger partial charge in [0.1, 0.15) is 12.4 Å². The van der Waals surface area contributed by atoms with Crippen LogP contribution in [0, 0.1) is 0 Å². The van der Waals surface area contributed by atoms with Crippen molar-refractivity contribution in [2.24, 2.45) is 0 Å². The summed E-state index contributed by atoms with van der Waals surface area (Å²) >= 11 is 3.41. The number of carbonyl (C=O) groups is 1. The second-order valence-electron chi connectivity index (χ2n) is 4.29.